The summed E-state index contributed by atoms with van der Waals surface area (Å²) in [5.41, 5.74) is 0. The van der Waals surface area contributed by atoms with Gasteiger partial charge in [-0.15, -0.1) is 0 Å². The third-order valence-electron chi connectivity index (χ3n) is 8.19. The van der Waals surface area contributed by atoms with Gasteiger partial charge in [-0.2, -0.15) is 0 Å². The Morgan fingerprint density at radius 3 is 1.34 bits per heavy atom. The minimum Gasteiger partial charge on any atom is -0.462 e. The van der Waals surface area contributed by atoms with Gasteiger partial charge in [0.15, 0.2) is 6.10 Å². The number of unbranched alkanes of at least 4 members (excludes halogenated alkanes) is 21. The molecule has 0 fully saturated rings. The second-order valence-corrected chi connectivity index (χ2v) is 14.1. The van der Waals surface area contributed by atoms with E-state index in [-0.39, 0.29) is 19.4 Å². The van der Waals surface area contributed by atoms with Crippen molar-refractivity contribution >= 4 is 19.8 Å². The molecular formula is C38H71O8P. The largest absolute Gasteiger partial charge is 0.469 e. The summed E-state index contributed by atoms with van der Waals surface area (Å²) in [7, 11) is -4.75. The Morgan fingerprint density at radius 2 is 0.894 bits per heavy atom. The van der Waals surface area contributed by atoms with E-state index in [1.54, 1.807) is 0 Å². The van der Waals surface area contributed by atoms with Crippen molar-refractivity contribution in [3.05, 3.63) is 24.3 Å². The first-order chi connectivity index (χ1) is 22.8. The zero-order valence-corrected chi connectivity index (χ0v) is 31.1. The van der Waals surface area contributed by atoms with Crippen molar-refractivity contribution < 1.29 is 37.9 Å². The number of allylic oxidation sites excluding steroid dienone is 4. The van der Waals surface area contributed by atoms with Gasteiger partial charge in [-0.05, 0) is 64.2 Å². The molecule has 0 bridgehead atoms. The lowest BCUT2D eigenvalue weighted by Gasteiger charge is -2.18. The van der Waals surface area contributed by atoms with E-state index in [0.29, 0.717) is 12.8 Å². The third kappa shape index (κ3) is 37.2. The predicted molar refractivity (Wildman–Crippen MR) is 193 cm³/mol. The fourth-order valence-corrected chi connectivity index (χ4v) is 5.66. The molecule has 0 aliphatic heterocycles. The molecule has 0 saturated heterocycles. The molecule has 0 amide bonds. The first-order valence-corrected chi connectivity index (χ1v) is 20.7. The molecule has 0 radical (unpaired) electrons. The number of hydrogen-bond acceptors (Lipinski definition) is 6. The Kier molecular flexibility index (Phi) is 33.3. The van der Waals surface area contributed by atoms with Crippen molar-refractivity contribution in [2.45, 2.75) is 193 Å². The molecule has 2 N–H and O–H groups in total. The quantitative estimate of drug-likeness (QED) is 0.0292. The summed E-state index contributed by atoms with van der Waals surface area (Å²) in [6, 6.07) is 0. The molecule has 0 aromatic carbocycles. The highest BCUT2D eigenvalue weighted by molar-refractivity contribution is 7.46. The van der Waals surface area contributed by atoms with Crippen LogP contribution in [0.4, 0.5) is 0 Å². The molecular weight excluding hydrogens is 615 g/mol. The molecule has 1 atom stereocenters. The summed E-state index contributed by atoms with van der Waals surface area (Å²) in [5.74, 6) is -0.917. The van der Waals surface area contributed by atoms with Crippen LogP contribution in [0, 0.1) is 0 Å². The lowest BCUT2D eigenvalue weighted by molar-refractivity contribution is -0.161. The Labute approximate surface area is 288 Å². The summed E-state index contributed by atoms with van der Waals surface area (Å²) < 4.78 is 26.3. The van der Waals surface area contributed by atoms with E-state index >= 15 is 0 Å². The Bertz CT molecular complexity index is 823. The number of ether oxygens (including phenoxy) is 2. The zero-order chi connectivity index (χ0) is 34.7. The zero-order valence-electron chi connectivity index (χ0n) is 30.2. The molecule has 9 heteroatoms. The molecule has 276 valence electrons. The number of phosphoric acid groups is 1. The molecule has 8 nitrogen and oxygen atoms in total. The van der Waals surface area contributed by atoms with Crippen LogP contribution in [0.2, 0.25) is 0 Å². The fourth-order valence-electron chi connectivity index (χ4n) is 5.30. The molecule has 47 heavy (non-hydrogen) atoms. The molecule has 0 heterocycles. The van der Waals surface area contributed by atoms with Crippen LogP contribution < -0.4 is 0 Å². The molecule has 0 saturated carbocycles. The van der Waals surface area contributed by atoms with E-state index < -0.39 is 32.5 Å². The Hall–Kier alpha value is -1.47. The fraction of sp³-hybridized carbons (Fsp3) is 0.842. The number of carbonyl (C=O) groups is 2. The monoisotopic (exact) mass is 686 g/mol. The lowest BCUT2D eigenvalue weighted by atomic mass is 10.1. The van der Waals surface area contributed by atoms with Gasteiger partial charge < -0.3 is 19.3 Å². The van der Waals surface area contributed by atoms with Crippen LogP contribution >= 0.6 is 7.82 Å². The molecule has 0 aromatic heterocycles. The van der Waals surface area contributed by atoms with Crippen LogP contribution in [0.3, 0.4) is 0 Å². The van der Waals surface area contributed by atoms with Gasteiger partial charge in [0.05, 0.1) is 6.61 Å². The summed E-state index contributed by atoms with van der Waals surface area (Å²) in [6.07, 6.45) is 37.6. The van der Waals surface area contributed by atoms with Crippen LogP contribution in [0.1, 0.15) is 187 Å². The average Bonchev–Trinajstić information content (AvgIpc) is 3.03. The van der Waals surface area contributed by atoms with Crippen molar-refractivity contribution in [1.82, 2.24) is 0 Å². The molecule has 0 unspecified atom stereocenters. The van der Waals surface area contributed by atoms with Crippen molar-refractivity contribution in [1.29, 1.82) is 0 Å². The highest BCUT2D eigenvalue weighted by Crippen LogP contribution is 2.36. The van der Waals surface area contributed by atoms with Gasteiger partial charge in [0, 0.05) is 12.8 Å². The van der Waals surface area contributed by atoms with Gasteiger partial charge in [-0.3, -0.25) is 14.1 Å². The summed E-state index contributed by atoms with van der Waals surface area (Å²) in [6.45, 7) is 3.64. The minimum atomic E-state index is -4.75. The van der Waals surface area contributed by atoms with Crippen molar-refractivity contribution in [3.63, 3.8) is 0 Å². The number of carbonyl (C=O) groups excluding carboxylic acids is 2. The van der Waals surface area contributed by atoms with E-state index in [0.717, 1.165) is 51.4 Å². The lowest BCUT2D eigenvalue weighted by Crippen LogP contribution is -2.29. The van der Waals surface area contributed by atoms with Crippen LogP contribution in [-0.4, -0.2) is 41.0 Å². The number of esters is 2. The van der Waals surface area contributed by atoms with Gasteiger partial charge in [0.2, 0.25) is 0 Å². The predicted octanol–water partition coefficient (Wildman–Crippen LogP) is 11.2. The molecule has 0 rings (SSSR count). The van der Waals surface area contributed by atoms with E-state index in [4.69, 9.17) is 19.3 Å². The van der Waals surface area contributed by atoms with Crippen LogP contribution in [0.15, 0.2) is 24.3 Å². The van der Waals surface area contributed by atoms with Crippen LogP contribution in [-0.2, 0) is 28.2 Å². The summed E-state index contributed by atoms with van der Waals surface area (Å²) in [4.78, 5) is 42.7. The van der Waals surface area contributed by atoms with E-state index in [1.807, 2.05) is 0 Å². The van der Waals surface area contributed by atoms with Crippen LogP contribution in [0.25, 0.3) is 0 Å². The maximum Gasteiger partial charge on any atom is 0.469 e. The molecule has 0 spiro atoms. The Balaban J connectivity index is 3.99. The van der Waals surface area contributed by atoms with E-state index in [2.05, 4.69) is 42.7 Å². The average molecular weight is 687 g/mol. The number of phosphoric ester groups is 1. The normalized spacial score (nSPS) is 12.7. The van der Waals surface area contributed by atoms with E-state index in [1.165, 1.54) is 96.3 Å². The maximum absolute atomic E-state index is 12.3. The van der Waals surface area contributed by atoms with E-state index in [9.17, 15) is 14.2 Å². The first kappa shape index (κ1) is 45.5. The molecule has 0 aromatic rings. The van der Waals surface area contributed by atoms with Gasteiger partial charge in [0.25, 0.3) is 0 Å². The summed E-state index contributed by atoms with van der Waals surface area (Å²) >= 11 is 0. The van der Waals surface area contributed by atoms with Crippen molar-refractivity contribution in [2.24, 2.45) is 0 Å². The SMILES string of the molecule is CCCCCCC/C=C/CCCCCCCC(=O)O[C@H](COC(=O)CCCC/C=C/CCCCCCCCCCC)COP(=O)(O)O. The van der Waals surface area contributed by atoms with Crippen LogP contribution in [0.5, 0.6) is 0 Å². The van der Waals surface area contributed by atoms with Gasteiger partial charge in [-0.1, -0.05) is 134 Å². The number of hydrogen-bond donors (Lipinski definition) is 2. The molecule has 0 aliphatic rings. The molecule has 0 aliphatic carbocycles. The van der Waals surface area contributed by atoms with Gasteiger partial charge >= 0.3 is 19.8 Å². The standard InChI is InChI=1S/C38H71O8P/c1-3-5-7-9-11-13-15-17-19-21-22-24-26-28-30-32-37(39)44-34-36(35-45-47(41,42)43)46-38(40)33-31-29-27-25-23-20-18-16-14-12-10-8-6-4-2/h16,18,22,24,36H,3-15,17,19-21,23,25-35H2,1-2H3,(H2,41,42,43)/b18-16+,24-22+/t36-/m1/s1. The summed E-state index contributed by atoms with van der Waals surface area (Å²) in [5, 5.41) is 0. The maximum atomic E-state index is 12.3. The highest BCUT2D eigenvalue weighted by atomic mass is 31.2. The van der Waals surface area contributed by atoms with Gasteiger partial charge in [-0.25, -0.2) is 4.57 Å². The second kappa shape index (κ2) is 34.4. The topological polar surface area (TPSA) is 119 Å². The second-order valence-electron chi connectivity index (χ2n) is 12.9. The third-order valence-corrected chi connectivity index (χ3v) is 8.68. The Morgan fingerprint density at radius 1 is 0.532 bits per heavy atom. The number of rotatable bonds is 35. The van der Waals surface area contributed by atoms with Crippen molar-refractivity contribution in [2.75, 3.05) is 13.2 Å². The first-order valence-electron chi connectivity index (χ1n) is 19.1. The highest BCUT2D eigenvalue weighted by Gasteiger charge is 2.22. The minimum absolute atomic E-state index is 0.199. The van der Waals surface area contributed by atoms with Gasteiger partial charge in [0.1, 0.15) is 6.61 Å². The van der Waals surface area contributed by atoms with Crippen molar-refractivity contribution in [3.8, 4) is 0 Å². The smallest absolute Gasteiger partial charge is 0.462 e.